The number of rotatable bonds is 12. The minimum atomic E-state index is -1.91. The molecule has 5 aromatic rings. The highest BCUT2D eigenvalue weighted by molar-refractivity contribution is 6.70. The van der Waals surface area contributed by atoms with Crippen molar-refractivity contribution in [1.82, 2.24) is 39.4 Å². The number of esters is 2. The highest BCUT2D eigenvalue weighted by atomic mass is 35.6. The van der Waals surface area contributed by atoms with E-state index in [9.17, 15) is 19.2 Å². The van der Waals surface area contributed by atoms with Gasteiger partial charge in [-0.15, -0.1) is 10.2 Å². The predicted molar refractivity (Wildman–Crippen MR) is 282 cm³/mol. The number of halogens is 6. The largest absolute Gasteiger partial charge is 0.462 e. The average Bonchev–Trinajstić information content (AvgIpc) is 4.00. The van der Waals surface area contributed by atoms with Crippen LogP contribution in [0.15, 0.2) is 48.2 Å². The Balaban J connectivity index is -0.000000830. The first kappa shape index (κ1) is 73.2. The molecule has 1 atom stereocenters. The maximum Gasteiger partial charge on any atom is 0.373 e. The summed E-state index contributed by atoms with van der Waals surface area (Å²) in [5, 5.41) is 38.2. The lowest BCUT2D eigenvalue weighted by Crippen LogP contribution is -2.20. The average molecular weight is 1190 g/mol. The molecule has 33 heteroatoms. The number of nitrogens with one attached hydrogen (secondary N) is 1. The van der Waals surface area contributed by atoms with Crippen LogP contribution in [0.25, 0.3) is 11.3 Å². The number of H-pyrrole nitrogens is 1. The number of ketones is 2. The third-order valence-electron chi connectivity index (χ3n) is 8.03. The van der Waals surface area contributed by atoms with Crippen molar-refractivity contribution >= 4 is 134 Å². The number of carbonyl (C=O) groups excluding carboxylic acids is 6. The van der Waals surface area contributed by atoms with Gasteiger partial charge in [0.1, 0.15) is 40.4 Å². The minimum Gasteiger partial charge on any atom is -0.462 e. The van der Waals surface area contributed by atoms with Crippen molar-refractivity contribution in [3.8, 4) is 18.2 Å². The molecule has 0 saturated carbocycles. The van der Waals surface area contributed by atoms with E-state index in [0.717, 1.165) is 18.4 Å². The van der Waals surface area contributed by atoms with Crippen LogP contribution in [0.5, 0.6) is 0 Å². The number of allylic oxidation sites excluding steroid dienone is 2. The molecule has 0 radical (unpaired) electrons. The number of nitrogens with zero attached hydrogens (tertiary/aromatic N) is 10. The Morgan fingerprint density at radius 2 is 1.18 bits per heavy atom. The second-order valence-corrected chi connectivity index (χ2v) is 18.0. The number of aromatic amines is 1. The number of Topliss-reactive ketones (excluding diaryl/α,β-unsaturated/α-hetero) is 2. The first-order valence-corrected chi connectivity index (χ1v) is 23.3. The molecule has 0 bridgehead atoms. The van der Waals surface area contributed by atoms with Gasteiger partial charge in [0.25, 0.3) is 3.79 Å². The van der Waals surface area contributed by atoms with Crippen molar-refractivity contribution in [3.63, 3.8) is 0 Å². The third kappa shape index (κ3) is 29.1. The number of nitriles is 3. The van der Waals surface area contributed by atoms with Gasteiger partial charge < -0.3 is 52.4 Å². The van der Waals surface area contributed by atoms with Gasteiger partial charge in [0.2, 0.25) is 3.79 Å². The van der Waals surface area contributed by atoms with E-state index in [4.69, 9.17) is 147 Å². The molecule has 5 rings (SSSR count). The smallest absolute Gasteiger partial charge is 0.373 e. The maximum absolute atomic E-state index is 11.5. The van der Waals surface area contributed by atoms with Crippen LogP contribution < -0.4 is 28.7 Å². The lowest BCUT2D eigenvalue weighted by atomic mass is 10.2. The zero-order chi connectivity index (χ0) is 59.4. The van der Waals surface area contributed by atoms with Crippen LogP contribution in [0.3, 0.4) is 0 Å². The van der Waals surface area contributed by atoms with Crippen molar-refractivity contribution < 1.29 is 52.5 Å². The van der Waals surface area contributed by atoms with Crippen molar-refractivity contribution in [2.24, 2.45) is 5.73 Å². The van der Waals surface area contributed by atoms with E-state index < -0.39 is 25.3 Å². The molecule has 0 saturated heterocycles. The summed E-state index contributed by atoms with van der Waals surface area (Å²) in [6.07, 6.45) is 8.40. The summed E-state index contributed by atoms with van der Waals surface area (Å²) in [5.74, 6) is -0.240. The molecule has 5 aromatic heterocycles. The van der Waals surface area contributed by atoms with Crippen molar-refractivity contribution in [3.05, 3.63) is 64.9 Å². The van der Waals surface area contributed by atoms with Crippen LogP contribution in [0, 0.1) is 34.0 Å². The molecule has 1 unspecified atom stereocenters. The number of anilines is 4. The molecule has 0 aliphatic heterocycles. The maximum atomic E-state index is 11.5. The summed E-state index contributed by atoms with van der Waals surface area (Å²) >= 11 is 30.7. The first-order valence-electron chi connectivity index (χ1n) is 21.0. The minimum absolute atomic E-state index is 0.0417. The number of nitrogen functional groups attached to an aromatic ring is 4. The van der Waals surface area contributed by atoms with E-state index in [1.165, 1.54) is 28.9 Å². The number of carbonyl (C=O) groups is 4. The summed E-state index contributed by atoms with van der Waals surface area (Å²) in [4.78, 5) is 67.9. The molecule has 0 spiro atoms. The third-order valence-corrected chi connectivity index (χ3v) is 8.90. The molecular formula is C43H56Cl6N16O11. The van der Waals surface area contributed by atoms with E-state index in [1.54, 1.807) is 84.2 Å². The molecule has 27 nitrogen and oxygen atoms in total. The SMILES string of the molecule is CC(=O)/C(C#N)=C(\N)C(Cl)(Cl)Cl.CC(=O)CC#N.CCOC(=O)c1c(N)nn2cccnc12.CCOC(=O)c1c(N)nn2cccnc12.CCc1c(N)n[nH]c1N.COC(C)CC(OC)OC.N#CC(Cl)(Cl)Cl.O=C=O. The molecule has 5 heterocycles. The zero-order valence-electron chi connectivity index (χ0n) is 42.3. The van der Waals surface area contributed by atoms with Crippen LogP contribution in [-0.2, 0) is 49.3 Å². The summed E-state index contributed by atoms with van der Waals surface area (Å²) in [6, 6.07) is 8.08. The normalized spacial score (nSPS) is 10.7. The number of methoxy groups -OCH3 is 3. The lowest BCUT2D eigenvalue weighted by Gasteiger charge is -2.16. The molecule has 416 valence electrons. The summed E-state index contributed by atoms with van der Waals surface area (Å²) < 4.78 is 23.9. The van der Waals surface area contributed by atoms with Crippen LogP contribution in [0.4, 0.5) is 23.3 Å². The van der Waals surface area contributed by atoms with Crippen LogP contribution in [0.2, 0.25) is 0 Å². The Labute approximate surface area is 466 Å². The topological polar surface area (TPSA) is 439 Å². The van der Waals surface area contributed by atoms with Crippen LogP contribution >= 0.6 is 69.6 Å². The second kappa shape index (κ2) is 39.4. The van der Waals surface area contributed by atoms with E-state index in [1.807, 2.05) is 13.8 Å². The molecule has 11 N–H and O–H groups in total. The van der Waals surface area contributed by atoms with E-state index in [0.29, 0.717) is 36.1 Å². The Morgan fingerprint density at radius 3 is 1.41 bits per heavy atom. The van der Waals surface area contributed by atoms with Gasteiger partial charge in [-0.3, -0.25) is 14.7 Å². The molecule has 0 fully saturated rings. The molecule has 0 amide bonds. The summed E-state index contributed by atoms with van der Waals surface area (Å²) in [7, 11) is 4.92. The Bertz CT molecular complexity index is 2670. The molecule has 76 heavy (non-hydrogen) atoms. The highest BCUT2D eigenvalue weighted by Crippen LogP contribution is 2.33. The standard InChI is InChI=1S/2C9H10N4O2.C7H16O3.C6H5Cl3N2O.C5H10N4.C4H5NO.C2Cl3N.CO2/c2*1-2-15-9(14)6-7(10)12-13-5-3-4-11-8(6)13;1-6(8-2)5-7(9-3)10-4;1-3(12)4(2-10)5(11)6(7,8)9;1-2-3-4(6)8-9-5(3)7;1-4(6)2-3-5;3-2(4,5)1-6;2-1-3/h2*3-5H,2H2,1H3,(H2,10,12);6-7H,5H2,1-4H3;11H2,1H3;2H2,1H3,(H5,6,7,8,9);2H2,1H3;;/b;;;5-4-;;;;. The van der Waals surface area contributed by atoms with E-state index in [-0.39, 0.29) is 64.8 Å². The molecule has 0 aliphatic carbocycles. The summed E-state index contributed by atoms with van der Waals surface area (Å²) in [6.45, 7) is 10.6. The molecular weight excluding hydrogens is 1130 g/mol. The van der Waals surface area contributed by atoms with Crippen LogP contribution in [0.1, 0.15) is 80.7 Å². The zero-order valence-corrected chi connectivity index (χ0v) is 46.8. The molecule has 0 aromatic carbocycles. The Kier molecular flexibility index (Phi) is 37.9. The predicted octanol–water partition coefficient (Wildman–Crippen LogP) is 5.61. The number of ether oxygens (including phenoxy) is 5. The van der Waals surface area contributed by atoms with Gasteiger partial charge in [0.05, 0.1) is 37.5 Å². The van der Waals surface area contributed by atoms with Gasteiger partial charge in [-0.25, -0.2) is 28.6 Å². The van der Waals surface area contributed by atoms with Gasteiger partial charge in [-0.2, -0.15) is 30.5 Å². The number of aromatic nitrogens is 8. The number of hydrogen-bond donors (Lipinski definition) is 6. The van der Waals surface area contributed by atoms with Gasteiger partial charge >= 0.3 is 18.1 Å². The highest BCUT2D eigenvalue weighted by Gasteiger charge is 2.28. The van der Waals surface area contributed by atoms with Crippen molar-refractivity contribution in [2.45, 2.75) is 80.8 Å². The van der Waals surface area contributed by atoms with Gasteiger partial charge in [0, 0.05) is 58.1 Å². The number of fused-ring (bicyclic) bond motifs is 2. The lowest BCUT2D eigenvalue weighted by molar-refractivity contribution is -0.191. The van der Waals surface area contributed by atoms with E-state index >= 15 is 0 Å². The van der Waals surface area contributed by atoms with Crippen molar-refractivity contribution in [2.75, 3.05) is 57.5 Å². The van der Waals surface area contributed by atoms with Gasteiger partial charge in [-0.1, -0.05) is 76.5 Å². The fourth-order valence-corrected chi connectivity index (χ4v) is 4.89. The number of alkyl halides is 6. The van der Waals surface area contributed by atoms with E-state index in [2.05, 4.69) is 30.4 Å². The quantitative estimate of drug-likeness (QED) is 0.0290. The number of nitrogens with two attached hydrogens (primary N) is 5. The second-order valence-electron chi connectivity index (χ2n) is 13.5. The fourth-order valence-electron chi connectivity index (χ4n) is 4.61. The van der Waals surface area contributed by atoms with Crippen LogP contribution in [-0.4, -0.2) is 124 Å². The first-order chi connectivity index (χ1) is 35.5. The Morgan fingerprint density at radius 1 is 0.763 bits per heavy atom. The monoisotopic (exact) mass is 1180 g/mol. The van der Waals surface area contributed by atoms with Gasteiger partial charge in [0.15, 0.2) is 40.8 Å². The fraction of sp³-hybridized carbons (Fsp3) is 0.419. The van der Waals surface area contributed by atoms with Gasteiger partial charge in [-0.05, 0) is 53.2 Å². The summed E-state index contributed by atoms with van der Waals surface area (Å²) in [5.41, 5.74) is 28.9. The number of hydrogen-bond acceptors (Lipinski definition) is 24. The Hall–Kier alpha value is -7.06. The van der Waals surface area contributed by atoms with Crippen molar-refractivity contribution in [1.29, 1.82) is 15.8 Å². The molecule has 0 aliphatic rings.